The second-order valence-electron chi connectivity index (χ2n) is 15.4. The zero-order valence-corrected chi connectivity index (χ0v) is 33.3. The molecule has 0 aliphatic heterocycles. The Hall–Kier alpha value is -6.58. The number of hydrogen-bond acceptors (Lipinski definition) is 2. The van der Waals surface area contributed by atoms with Crippen molar-refractivity contribution in [2.24, 2.45) is 0 Å². The van der Waals surface area contributed by atoms with Gasteiger partial charge in [0, 0.05) is 57.7 Å². The minimum atomic E-state index is 0.329. The molecule has 1 aliphatic rings. The number of thiophene rings is 2. The molecule has 9 aromatic carbocycles. The molecular weight excluding hydrogens is 737 g/mol. The molecule has 0 saturated carbocycles. The standard InChI is InChI=1S/C56H36S2/c1-3-19-37-35(15-1)17-9-25-39(37)45-27-11-31-49-51-33-13-29-47(55(51)57-53(45)49)43-23-7-5-21-41(43)42-22-6-8-24-44(42)48-30-14-34-52-50-32-12-28-46(54(50)58-56(48)52)40-26-10-18-36-16-2-4-20-38(36)40/h1-27,29-34,46H,28H2. The predicted octanol–water partition coefficient (Wildman–Crippen LogP) is 16.8. The molecule has 1 unspecified atom stereocenters. The van der Waals surface area contributed by atoms with E-state index in [1.54, 1.807) is 0 Å². The molecule has 0 saturated heterocycles. The van der Waals surface area contributed by atoms with Crippen molar-refractivity contribution in [3.8, 4) is 44.5 Å². The zero-order chi connectivity index (χ0) is 38.2. The van der Waals surface area contributed by atoms with Crippen LogP contribution in [0.15, 0.2) is 194 Å². The van der Waals surface area contributed by atoms with Crippen molar-refractivity contribution in [2.75, 3.05) is 0 Å². The lowest BCUT2D eigenvalue weighted by molar-refractivity contribution is 0.848. The molecule has 12 rings (SSSR count). The Kier molecular flexibility index (Phi) is 7.82. The summed E-state index contributed by atoms with van der Waals surface area (Å²) in [7, 11) is 0. The van der Waals surface area contributed by atoms with Crippen molar-refractivity contribution in [2.45, 2.75) is 12.3 Å². The number of fused-ring (bicyclic) bond motifs is 8. The third kappa shape index (κ3) is 5.19. The maximum atomic E-state index is 2.39. The van der Waals surface area contributed by atoms with E-state index >= 15 is 0 Å². The van der Waals surface area contributed by atoms with E-state index in [2.05, 4.69) is 200 Å². The molecule has 1 aliphatic carbocycles. The minimum absolute atomic E-state index is 0.329. The zero-order valence-electron chi connectivity index (χ0n) is 31.7. The largest absolute Gasteiger partial charge is 0.138 e. The van der Waals surface area contributed by atoms with Gasteiger partial charge in [-0.15, -0.1) is 22.7 Å². The smallest absolute Gasteiger partial charge is 0.0434 e. The highest BCUT2D eigenvalue weighted by Gasteiger charge is 2.26. The first-order valence-electron chi connectivity index (χ1n) is 20.1. The van der Waals surface area contributed by atoms with Crippen molar-refractivity contribution in [3.63, 3.8) is 0 Å². The van der Waals surface area contributed by atoms with Crippen LogP contribution in [-0.2, 0) is 0 Å². The van der Waals surface area contributed by atoms with Crippen LogP contribution in [0.4, 0.5) is 0 Å². The first-order valence-corrected chi connectivity index (χ1v) is 21.7. The van der Waals surface area contributed by atoms with E-state index in [0.717, 1.165) is 6.42 Å². The molecule has 0 nitrogen and oxygen atoms in total. The fraction of sp³-hybridized carbons (Fsp3) is 0.0357. The van der Waals surface area contributed by atoms with Gasteiger partial charge in [-0.3, -0.25) is 0 Å². The highest BCUT2D eigenvalue weighted by atomic mass is 32.1. The Morgan fingerprint density at radius 3 is 1.40 bits per heavy atom. The normalized spacial score (nSPS) is 13.9. The van der Waals surface area contributed by atoms with Crippen LogP contribution in [-0.4, -0.2) is 0 Å². The Morgan fingerprint density at radius 1 is 0.328 bits per heavy atom. The number of rotatable bonds is 5. The molecule has 11 aromatic rings. The number of allylic oxidation sites excluding steroid dienone is 1. The van der Waals surface area contributed by atoms with Crippen LogP contribution in [0.3, 0.4) is 0 Å². The molecule has 0 radical (unpaired) electrons. The van der Waals surface area contributed by atoms with E-state index in [4.69, 9.17) is 0 Å². The maximum absolute atomic E-state index is 2.39. The number of benzene rings is 9. The van der Waals surface area contributed by atoms with Gasteiger partial charge in [-0.25, -0.2) is 0 Å². The van der Waals surface area contributed by atoms with Crippen LogP contribution in [0.2, 0.25) is 0 Å². The van der Waals surface area contributed by atoms with Crippen molar-refractivity contribution in [1.82, 2.24) is 0 Å². The van der Waals surface area contributed by atoms with Crippen LogP contribution >= 0.6 is 22.7 Å². The maximum Gasteiger partial charge on any atom is 0.0434 e. The second kappa shape index (κ2) is 13.5. The van der Waals surface area contributed by atoms with E-state index in [1.807, 2.05) is 22.7 Å². The number of hydrogen-bond donors (Lipinski definition) is 0. The fourth-order valence-corrected chi connectivity index (χ4v) is 12.5. The third-order valence-corrected chi connectivity index (χ3v) is 14.9. The minimum Gasteiger partial charge on any atom is -0.138 e. The monoisotopic (exact) mass is 772 g/mol. The Bertz CT molecular complexity index is 3440. The van der Waals surface area contributed by atoms with Gasteiger partial charge in [0.15, 0.2) is 0 Å². The molecule has 2 heterocycles. The van der Waals surface area contributed by atoms with E-state index < -0.39 is 0 Å². The van der Waals surface area contributed by atoms with Crippen LogP contribution in [0.5, 0.6) is 0 Å². The first kappa shape index (κ1) is 33.5. The van der Waals surface area contributed by atoms with Crippen LogP contribution < -0.4 is 0 Å². The van der Waals surface area contributed by atoms with Gasteiger partial charge in [0.1, 0.15) is 0 Å². The van der Waals surface area contributed by atoms with Crippen molar-refractivity contribution in [1.29, 1.82) is 0 Å². The van der Waals surface area contributed by atoms with Crippen LogP contribution in [0.25, 0.3) is 102 Å². The lowest BCUT2D eigenvalue weighted by atomic mass is 9.84. The lowest BCUT2D eigenvalue weighted by Gasteiger charge is -2.21. The van der Waals surface area contributed by atoms with Gasteiger partial charge in [-0.2, -0.15) is 0 Å². The SMILES string of the molecule is C1=Cc2c(sc3c(-c4ccccc4-c4ccccc4-c4cccc5c4sc4c(-c6cccc7ccccc67)cccc45)cccc23)C(c2cccc3ccccc23)C1. The van der Waals surface area contributed by atoms with Crippen LogP contribution in [0, 0.1) is 0 Å². The van der Waals surface area contributed by atoms with Gasteiger partial charge in [0.05, 0.1) is 0 Å². The predicted molar refractivity (Wildman–Crippen MR) is 253 cm³/mol. The Labute approximate surface area is 345 Å². The molecule has 272 valence electrons. The highest BCUT2D eigenvalue weighted by molar-refractivity contribution is 7.27. The summed E-state index contributed by atoms with van der Waals surface area (Å²) in [6, 6.07) is 69.8. The second-order valence-corrected chi connectivity index (χ2v) is 17.5. The molecule has 1 atom stereocenters. The van der Waals surface area contributed by atoms with E-state index in [0.29, 0.717) is 5.92 Å². The first-order chi connectivity index (χ1) is 28.8. The molecule has 2 heteroatoms. The summed E-state index contributed by atoms with van der Waals surface area (Å²) in [4.78, 5) is 1.47. The topological polar surface area (TPSA) is 0 Å². The molecule has 0 amide bonds. The van der Waals surface area contributed by atoms with Crippen molar-refractivity contribution >= 4 is 80.6 Å². The third-order valence-electron chi connectivity index (χ3n) is 12.3. The summed E-state index contributed by atoms with van der Waals surface area (Å²) in [5.41, 5.74) is 13.0. The van der Waals surface area contributed by atoms with Crippen LogP contribution in [0.1, 0.15) is 28.3 Å². The molecule has 0 spiro atoms. The van der Waals surface area contributed by atoms with Crippen molar-refractivity contribution < 1.29 is 0 Å². The molecule has 0 bridgehead atoms. The van der Waals surface area contributed by atoms with Gasteiger partial charge >= 0.3 is 0 Å². The molecule has 58 heavy (non-hydrogen) atoms. The Morgan fingerprint density at radius 2 is 0.741 bits per heavy atom. The average molecular weight is 773 g/mol. The lowest BCUT2D eigenvalue weighted by Crippen LogP contribution is -2.03. The summed E-state index contributed by atoms with van der Waals surface area (Å²) in [5.74, 6) is 0.329. The summed E-state index contributed by atoms with van der Waals surface area (Å²) in [5, 5.41) is 9.19. The van der Waals surface area contributed by atoms with E-state index in [9.17, 15) is 0 Å². The average Bonchev–Trinajstić information content (AvgIpc) is 3.88. The van der Waals surface area contributed by atoms with Crippen molar-refractivity contribution in [3.05, 3.63) is 210 Å². The van der Waals surface area contributed by atoms with E-state index in [1.165, 1.54) is 112 Å². The van der Waals surface area contributed by atoms with Gasteiger partial charge in [0.25, 0.3) is 0 Å². The Balaban J connectivity index is 1.02. The molecule has 0 fully saturated rings. The summed E-state index contributed by atoms with van der Waals surface area (Å²) in [6.07, 6.45) is 5.77. The van der Waals surface area contributed by atoms with Gasteiger partial charge < -0.3 is 0 Å². The van der Waals surface area contributed by atoms with E-state index in [-0.39, 0.29) is 0 Å². The summed E-state index contributed by atoms with van der Waals surface area (Å²) >= 11 is 3.92. The molecule has 2 aromatic heterocycles. The fourth-order valence-electron chi connectivity index (χ4n) is 9.66. The van der Waals surface area contributed by atoms with Gasteiger partial charge in [-0.1, -0.05) is 200 Å². The summed E-state index contributed by atoms with van der Waals surface area (Å²) in [6.45, 7) is 0. The molecular formula is C56H36S2. The van der Waals surface area contributed by atoms with Gasteiger partial charge in [-0.05, 0) is 66.9 Å². The highest BCUT2D eigenvalue weighted by Crippen LogP contribution is 2.51. The quantitative estimate of drug-likeness (QED) is 0.163. The van der Waals surface area contributed by atoms with Gasteiger partial charge in [0.2, 0.25) is 0 Å². The molecule has 0 N–H and O–H groups in total. The summed E-state index contributed by atoms with van der Waals surface area (Å²) < 4.78 is 4.03.